The first-order valence-electron chi connectivity index (χ1n) is 7.45. The molecule has 1 aromatic rings. The predicted molar refractivity (Wildman–Crippen MR) is 84.0 cm³/mol. The molecule has 0 bridgehead atoms. The molecule has 0 radical (unpaired) electrons. The minimum atomic E-state index is -0.118. The summed E-state index contributed by atoms with van der Waals surface area (Å²) in [5, 5.41) is 5.57. The molecule has 116 valence electrons. The van der Waals surface area contributed by atoms with Crippen molar-refractivity contribution in [2.75, 3.05) is 19.6 Å². The van der Waals surface area contributed by atoms with E-state index in [2.05, 4.69) is 10.6 Å². The standard InChI is InChI=1S/C16H25N3O2/c1-13-6-8-14(9-7-13)16(21)19-12-11-18-15(20)5-3-2-4-10-17/h6-9H,2-5,10-12,17H2,1H3,(H,18,20)(H,19,21). The van der Waals surface area contributed by atoms with Crippen LogP contribution in [-0.4, -0.2) is 31.4 Å². The van der Waals surface area contributed by atoms with E-state index in [1.807, 2.05) is 19.1 Å². The number of rotatable bonds is 9. The summed E-state index contributed by atoms with van der Waals surface area (Å²) in [6, 6.07) is 7.39. The fourth-order valence-corrected chi connectivity index (χ4v) is 1.88. The molecule has 0 spiro atoms. The number of carbonyl (C=O) groups excluding carboxylic acids is 2. The monoisotopic (exact) mass is 291 g/mol. The van der Waals surface area contributed by atoms with E-state index >= 15 is 0 Å². The van der Waals surface area contributed by atoms with Crippen LogP contribution in [0.3, 0.4) is 0 Å². The Bertz CT molecular complexity index is 443. The number of unbranched alkanes of at least 4 members (excludes halogenated alkanes) is 2. The predicted octanol–water partition coefficient (Wildman–Crippen LogP) is 1.36. The third-order valence-corrected chi connectivity index (χ3v) is 3.15. The van der Waals surface area contributed by atoms with Crippen LogP contribution in [0.25, 0.3) is 0 Å². The molecule has 0 saturated heterocycles. The minimum absolute atomic E-state index is 0.0246. The lowest BCUT2D eigenvalue weighted by Crippen LogP contribution is -2.34. The van der Waals surface area contributed by atoms with Gasteiger partial charge in [0.15, 0.2) is 0 Å². The van der Waals surface area contributed by atoms with Gasteiger partial charge in [0.05, 0.1) is 0 Å². The zero-order chi connectivity index (χ0) is 15.5. The van der Waals surface area contributed by atoms with Gasteiger partial charge in [-0.05, 0) is 38.4 Å². The molecule has 0 aliphatic heterocycles. The van der Waals surface area contributed by atoms with E-state index in [0.717, 1.165) is 24.8 Å². The maximum absolute atomic E-state index is 11.8. The molecule has 5 nitrogen and oxygen atoms in total. The Hall–Kier alpha value is -1.88. The van der Waals surface area contributed by atoms with Crippen molar-refractivity contribution in [1.29, 1.82) is 0 Å². The lowest BCUT2D eigenvalue weighted by atomic mass is 10.1. The number of amides is 2. The van der Waals surface area contributed by atoms with Gasteiger partial charge in [0, 0.05) is 25.1 Å². The molecule has 0 atom stereocenters. The van der Waals surface area contributed by atoms with Crippen molar-refractivity contribution < 1.29 is 9.59 Å². The number of benzene rings is 1. The van der Waals surface area contributed by atoms with Gasteiger partial charge in [0.25, 0.3) is 5.91 Å². The van der Waals surface area contributed by atoms with Gasteiger partial charge in [-0.15, -0.1) is 0 Å². The highest BCUT2D eigenvalue weighted by atomic mass is 16.2. The highest BCUT2D eigenvalue weighted by Gasteiger charge is 2.04. The second-order valence-corrected chi connectivity index (χ2v) is 5.07. The van der Waals surface area contributed by atoms with Crippen molar-refractivity contribution in [3.63, 3.8) is 0 Å². The smallest absolute Gasteiger partial charge is 0.251 e. The van der Waals surface area contributed by atoms with E-state index in [1.165, 1.54) is 0 Å². The van der Waals surface area contributed by atoms with E-state index in [9.17, 15) is 9.59 Å². The Morgan fingerprint density at radius 2 is 1.67 bits per heavy atom. The van der Waals surface area contributed by atoms with E-state index in [-0.39, 0.29) is 11.8 Å². The number of carbonyl (C=O) groups is 2. The molecule has 2 amide bonds. The SMILES string of the molecule is Cc1ccc(C(=O)NCCNC(=O)CCCCCN)cc1. The summed E-state index contributed by atoms with van der Waals surface area (Å²) in [6.45, 7) is 3.53. The van der Waals surface area contributed by atoms with E-state index in [4.69, 9.17) is 5.73 Å². The van der Waals surface area contributed by atoms with Crippen molar-refractivity contribution in [2.45, 2.75) is 32.6 Å². The third kappa shape index (κ3) is 7.46. The molecule has 1 aromatic carbocycles. The average molecular weight is 291 g/mol. The Morgan fingerprint density at radius 3 is 2.33 bits per heavy atom. The normalized spacial score (nSPS) is 10.2. The van der Waals surface area contributed by atoms with Gasteiger partial charge in [-0.1, -0.05) is 24.1 Å². The van der Waals surface area contributed by atoms with Gasteiger partial charge in [-0.2, -0.15) is 0 Å². The fourth-order valence-electron chi connectivity index (χ4n) is 1.88. The topological polar surface area (TPSA) is 84.2 Å². The van der Waals surface area contributed by atoms with Crippen LogP contribution in [0.5, 0.6) is 0 Å². The number of nitrogens with two attached hydrogens (primary N) is 1. The number of hydrogen-bond donors (Lipinski definition) is 3. The van der Waals surface area contributed by atoms with Crippen LogP contribution >= 0.6 is 0 Å². The summed E-state index contributed by atoms with van der Waals surface area (Å²) in [6.07, 6.45) is 3.32. The Morgan fingerprint density at radius 1 is 1.00 bits per heavy atom. The van der Waals surface area contributed by atoms with Crippen molar-refractivity contribution in [1.82, 2.24) is 10.6 Å². The quantitative estimate of drug-likeness (QED) is 0.601. The summed E-state index contributed by atoms with van der Waals surface area (Å²) in [5.41, 5.74) is 7.14. The maximum atomic E-state index is 11.8. The van der Waals surface area contributed by atoms with Crippen LogP contribution in [0.1, 0.15) is 41.6 Å². The first-order valence-corrected chi connectivity index (χ1v) is 7.45. The van der Waals surface area contributed by atoms with Crippen molar-refractivity contribution in [2.24, 2.45) is 5.73 Å². The maximum Gasteiger partial charge on any atom is 0.251 e. The summed E-state index contributed by atoms with van der Waals surface area (Å²) in [4.78, 5) is 23.3. The van der Waals surface area contributed by atoms with Crippen molar-refractivity contribution in [3.05, 3.63) is 35.4 Å². The zero-order valence-corrected chi connectivity index (χ0v) is 12.7. The van der Waals surface area contributed by atoms with Gasteiger partial charge in [0.1, 0.15) is 0 Å². The first-order chi connectivity index (χ1) is 10.1. The van der Waals surface area contributed by atoms with Gasteiger partial charge in [0.2, 0.25) is 5.91 Å². The van der Waals surface area contributed by atoms with Crippen LogP contribution in [0.2, 0.25) is 0 Å². The number of aryl methyl sites for hydroxylation is 1. The molecule has 0 fully saturated rings. The molecule has 1 rings (SSSR count). The highest BCUT2D eigenvalue weighted by molar-refractivity contribution is 5.94. The van der Waals surface area contributed by atoms with Gasteiger partial charge in [-0.3, -0.25) is 9.59 Å². The molecule has 0 aliphatic rings. The number of nitrogens with one attached hydrogen (secondary N) is 2. The molecular weight excluding hydrogens is 266 g/mol. The highest BCUT2D eigenvalue weighted by Crippen LogP contribution is 2.02. The molecule has 0 aromatic heterocycles. The molecule has 5 heteroatoms. The van der Waals surface area contributed by atoms with E-state index in [0.29, 0.717) is 31.6 Å². The number of hydrogen-bond acceptors (Lipinski definition) is 3. The average Bonchev–Trinajstić information content (AvgIpc) is 2.48. The second kappa shape index (κ2) is 9.94. The van der Waals surface area contributed by atoms with Gasteiger partial charge >= 0.3 is 0 Å². The summed E-state index contributed by atoms with van der Waals surface area (Å²) in [7, 11) is 0. The van der Waals surface area contributed by atoms with E-state index in [1.54, 1.807) is 12.1 Å². The fraction of sp³-hybridized carbons (Fsp3) is 0.500. The third-order valence-electron chi connectivity index (χ3n) is 3.15. The van der Waals surface area contributed by atoms with Gasteiger partial charge < -0.3 is 16.4 Å². The molecular formula is C16H25N3O2. The van der Waals surface area contributed by atoms with Crippen LogP contribution < -0.4 is 16.4 Å². The summed E-state index contributed by atoms with van der Waals surface area (Å²) < 4.78 is 0. The molecule has 0 saturated carbocycles. The van der Waals surface area contributed by atoms with Crippen LogP contribution in [0.15, 0.2) is 24.3 Å². The van der Waals surface area contributed by atoms with Crippen LogP contribution in [-0.2, 0) is 4.79 Å². The van der Waals surface area contributed by atoms with Crippen molar-refractivity contribution >= 4 is 11.8 Å². The second-order valence-electron chi connectivity index (χ2n) is 5.07. The molecule has 21 heavy (non-hydrogen) atoms. The lowest BCUT2D eigenvalue weighted by Gasteiger charge is -2.07. The first kappa shape index (κ1) is 17.2. The summed E-state index contributed by atoms with van der Waals surface area (Å²) >= 11 is 0. The Kier molecular flexibility index (Phi) is 8.12. The summed E-state index contributed by atoms with van der Waals surface area (Å²) in [5.74, 6) is -0.0937. The molecule has 0 unspecified atom stereocenters. The molecule has 4 N–H and O–H groups in total. The largest absolute Gasteiger partial charge is 0.354 e. The van der Waals surface area contributed by atoms with Crippen LogP contribution in [0.4, 0.5) is 0 Å². The lowest BCUT2D eigenvalue weighted by molar-refractivity contribution is -0.121. The zero-order valence-electron chi connectivity index (χ0n) is 12.7. The Balaban J connectivity index is 2.12. The Labute approximate surface area is 126 Å². The molecule has 0 aliphatic carbocycles. The van der Waals surface area contributed by atoms with Crippen LogP contribution in [0, 0.1) is 6.92 Å². The van der Waals surface area contributed by atoms with E-state index < -0.39 is 0 Å². The minimum Gasteiger partial charge on any atom is -0.354 e. The van der Waals surface area contributed by atoms with Gasteiger partial charge in [-0.25, -0.2) is 0 Å². The van der Waals surface area contributed by atoms with Crippen molar-refractivity contribution in [3.8, 4) is 0 Å². The molecule has 0 heterocycles.